The maximum Gasteiger partial charge on any atom is 0.433 e. The van der Waals surface area contributed by atoms with Crippen LogP contribution >= 0.6 is 0 Å². The molecule has 4 heterocycles. The largest absolute Gasteiger partial charge is 0.433 e. The summed E-state index contributed by atoms with van der Waals surface area (Å²) in [6, 6.07) is 2.40. The maximum absolute atomic E-state index is 13.2. The summed E-state index contributed by atoms with van der Waals surface area (Å²) in [6.07, 6.45) is -1.24. The first-order valence-electron chi connectivity index (χ1n) is 12.8. The molecule has 2 aliphatic heterocycles. The number of rotatable bonds is 2. The second-order valence-electron chi connectivity index (χ2n) is 11.2. The zero-order chi connectivity index (χ0) is 25.5. The lowest BCUT2D eigenvalue weighted by atomic mass is 9.57. The van der Waals surface area contributed by atoms with Crippen LogP contribution in [0.25, 0.3) is 0 Å². The summed E-state index contributed by atoms with van der Waals surface area (Å²) in [5, 5.41) is 23.0. The molecule has 2 aromatic rings. The summed E-state index contributed by atoms with van der Waals surface area (Å²) in [7, 11) is 0. The first-order valence-corrected chi connectivity index (χ1v) is 12.8. The van der Waals surface area contributed by atoms with Gasteiger partial charge in [-0.05, 0) is 36.8 Å². The van der Waals surface area contributed by atoms with Crippen LogP contribution in [-0.4, -0.2) is 33.4 Å². The van der Waals surface area contributed by atoms with E-state index in [2.05, 4.69) is 4.98 Å². The fourth-order valence-corrected chi connectivity index (χ4v) is 6.77. The predicted octanol–water partition coefficient (Wildman–Crippen LogP) is 5.38. The molecular formula is C27H31F3N2O4. The number of aliphatic hydroxyl groups excluding tert-OH is 2. The van der Waals surface area contributed by atoms with Gasteiger partial charge in [-0.15, -0.1) is 0 Å². The molecule has 1 saturated heterocycles. The van der Waals surface area contributed by atoms with Crippen LogP contribution in [0.3, 0.4) is 0 Å². The van der Waals surface area contributed by atoms with Gasteiger partial charge in [-0.25, -0.2) is 0 Å². The number of hydrogen-bond donors (Lipinski definition) is 2. The molecule has 194 valence electrons. The highest BCUT2D eigenvalue weighted by molar-refractivity contribution is 5.55. The van der Waals surface area contributed by atoms with Gasteiger partial charge in [-0.3, -0.25) is 9.97 Å². The number of aliphatic hydroxyl groups is 2. The third kappa shape index (κ3) is 3.46. The molecule has 3 unspecified atom stereocenters. The smallest absolute Gasteiger partial charge is 0.388 e. The molecule has 0 bridgehead atoms. The molecule has 6 nitrogen and oxygen atoms in total. The Labute approximate surface area is 207 Å². The summed E-state index contributed by atoms with van der Waals surface area (Å²) < 4.78 is 52.0. The van der Waals surface area contributed by atoms with Crippen molar-refractivity contribution < 1.29 is 32.9 Å². The van der Waals surface area contributed by atoms with Crippen LogP contribution in [0.1, 0.15) is 116 Å². The van der Waals surface area contributed by atoms with E-state index in [9.17, 15) is 23.4 Å². The molecule has 4 aliphatic rings. The van der Waals surface area contributed by atoms with Crippen molar-refractivity contribution in [2.75, 3.05) is 13.2 Å². The van der Waals surface area contributed by atoms with Crippen molar-refractivity contribution >= 4 is 0 Å². The van der Waals surface area contributed by atoms with Gasteiger partial charge in [0.25, 0.3) is 0 Å². The molecule has 36 heavy (non-hydrogen) atoms. The van der Waals surface area contributed by atoms with Crippen molar-refractivity contribution in [3.63, 3.8) is 0 Å². The van der Waals surface area contributed by atoms with Gasteiger partial charge in [0, 0.05) is 60.1 Å². The van der Waals surface area contributed by atoms with Crippen molar-refractivity contribution in [1.29, 1.82) is 0 Å². The Morgan fingerprint density at radius 3 is 2.33 bits per heavy atom. The van der Waals surface area contributed by atoms with E-state index in [1.807, 2.05) is 13.8 Å². The van der Waals surface area contributed by atoms with Gasteiger partial charge < -0.3 is 19.7 Å². The minimum absolute atomic E-state index is 0.0313. The first kappa shape index (κ1) is 24.3. The van der Waals surface area contributed by atoms with E-state index in [1.165, 1.54) is 12.3 Å². The lowest BCUT2D eigenvalue weighted by molar-refractivity contribution is -0.141. The van der Waals surface area contributed by atoms with Crippen LogP contribution in [0.4, 0.5) is 13.2 Å². The second kappa shape index (κ2) is 8.21. The Hall–Kier alpha value is -2.07. The van der Waals surface area contributed by atoms with E-state index in [4.69, 9.17) is 14.5 Å². The third-order valence-corrected chi connectivity index (χ3v) is 8.74. The zero-order valence-corrected chi connectivity index (χ0v) is 20.4. The van der Waals surface area contributed by atoms with E-state index >= 15 is 0 Å². The molecule has 2 fully saturated rings. The number of pyridine rings is 2. The molecule has 0 aromatic carbocycles. The highest BCUT2D eigenvalue weighted by Crippen LogP contribution is 2.63. The molecular weight excluding hydrogens is 473 g/mol. The average Bonchev–Trinajstić information content (AvgIpc) is 3.13. The Balaban J connectivity index is 1.57. The molecule has 1 saturated carbocycles. The molecule has 9 heteroatoms. The molecule has 6 rings (SSSR count). The molecule has 2 aliphatic carbocycles. The summed E-state index contributed by atoms with van der Waals surface area (Å²) in [4.78, 5) is 8.67. The SMILES string of the molecule is CC(C)c1nc2c(c3c1C(c1ccc(C(F)(F)F)nc1)OC31CCOCC1)C(O)CC1(CCC1)C2O. The number of halogens is 3. The van der Waals surface area contributed by atoms with Crippen LogP contribution in [0, 0.1) is 5.41 Å². The van der Waals surface area contributed by atoms with E-state index in [0.29, 0.717) is 49.3 Å². The number of ether oxygens (including phenoxy) is 2. The van der Waals surface area contributed by atoms with Crippen LogP contribution in [0.2, 0.25) is 0 Å². The lowest BCUT2D eigenvalue weighted by Crippen LogP contribution is -2.43. The fraction of sp³-hybridized carbons (Fsp3) is 0.630. The third-order valence-electron chi connectivity index (χ3n) is 8.74. The fourth-order valence-electron chi connectivity index (χ4n) is 6.77. The summed E-state index contributed by atoms with van der Waals surface area (Å²) in [5.74, 6) is -0.0313. The topological polar surface area (TPSA) is 84.7 Å². The Kier molecular flexibility index (Phi) is 5.54. The van der Waals surface area contributed by atoms with Gasteiger partial charge in [-0.1, -0.05) is 26.3 Å². The minimum atomic E-state index is -4.53. The van der Waals surface area contributed by atoms with Gasteiger partial charge in [-0.2, -0.15) is 13.2 Å². The Morgan fingerprint density at radius 2 is 1.78 bits per heavy atom. The van der Waals surface area contributed by atoms with Gasteiger partial charge in [0.2, 0.25) is 0 Å². The number of alkyl halides is 3. The summed E-state index contributed by atoms with van der Waals surface area (Å²) >= 11 is 0. The standard InChI is InChI=1S/C27H31F3N2O4/c1-14(2)21-19-20(18-16(33)12-25(6-3-7-25)24(34)22(18)32-21)26(8-10-35-11-9-26)36-23(19)15-4-5-17(31-13-15)27(28,29)30/h4-5,13-14,16,23-24,33-34H,3,6-12H2,1-2H3. The quantitative estimate of drug-likeness (QED) is 0.571. The summed E-state index contributed by atoms with van der Waals surface area (Å²) in [5.41, 5.74) is 2.01. The number of fused-ring (bicyclic) bond motifs is 4. The van der Waals surface area contributed by atoms with E-state index < -0.39 is 35.8 Å². The minimum Gasteiger partial charge on any atom is -0.388 e. The first-order chi connectivity index (χ1) is 17.1. The van der Waals surface area contributed by atoms with Crippen LogP contribution in [0.15, 0.2) is 18.3 Å². The Morgan fingerprint density at radius 1 is 1.06 bits per heavy atom. The van der Waals surface area contributed by atoms with Gasteiger partial charge in [0.1, 0.15) is 17.9 Å². The molecule has 2 spiro atoms. The highest BCUT2D eigenvalue weighted by atomic mass is 19.4. The van der Waals surface area contributed by atoms with E-state index in [-0.39, 0.29) is 11.3 Å². The second-order valence-corrected chi connectivity index (χ2v) is 11.2. The van der Waals surface area contributed by atoms with Crippen molar-refractivity contribution in [2.24, 2.45) is 5.41 Å². The van der Waals surface area contributed by atoms with Crippen LogP contribution < -0.4 is 0 Å². The van der Waals surface area contributed by atoms with Gasteiger partial charge >= 0.3 is 6.18 Å². The molecule has 2 N–H and O–H groups in total. The summed E-state index contributed by atoms with van der Waals surface area (Å²) in [6.45, 7) is 4.95. The molecule has 2 aromatic heterocycles. The lowest BCUT2D eigenvalue weighted by Gasteiger charge is -2.51. The van der Waals surface area contributed by atoms with Crippen molar-refractivity contribution in [2.45, 2.75) is 88.4 Å². The van der Waals surface area contributed by atoms with E-state index in [0.717, 1.165) is 42.1 Å². The van der Waals surface area contributed by atoms with Crippen LogP contribution in [-0.2, 0) is 21.3 Å². The Bertz CT molecular complexity index is 1170. The molecule has 0 radical (unpaired) electrons. The number of nitrogens with zero attached hydrogens (tertiary/aromatic N) is 2. The number of hydrogen-bond acceptors (Lipinski definition) is 6. The average molecular weight is 505 g/mol. The van der Waals surface area contributed by atoms with Gasteiger partial charge in [0.15, 0.2) is 0 Å². The number of aromatic nitrogens is 2. The zero-order valence-electron chi connectivity index (χ0n) is 20.4. The predicted molar refractivity (Wildman–Crippen MR) is 123 cm³/mol. The monoisotopic (exact) mass is 504 g/mol. The molecule has 3 atom stereocenters. The van der Waals surface area contributed by atoms with Crippen LogP contribution in [0.5, 0.6) is 0 Å². The van der Waals surface area contributed by atoms with Crippen molar-refractivity contribution in [3.05, 3.63) is 57.7 Å². The molecule has 0 amide bonds. The van der Waals surface area contributed by atoms with Gasteiger partial charge in [0.05, 0.1) is 17.4 Å². The van der Waals surface area contributed by atoms with Crippen molar-refractivity contribution in [1.82, 2.24) is 9.97 Å². The maximum atomic E-state index is 13.2. The van der Waals surface area contributed by atoms with E-state index in [1.54, 1.807) is 0 Å². The van der Waals surface area contributed by atoms with Crippen molar-refractivity contribution in [3.8, 4) is 0 Å². The highest BCUT2D eigenvalue weighted by Gasteiger charge is 2.56. The normalized spacial score (nSPS) is 28.3.